The first-order valence-electron chi connectivity index (χ1n) is 6.33. The topological polar surface area (TPSA) is 74.7 Å². The van der Waals surface area contributed by atoms with Crippen LogP contribution in [0.1, 0.15) is 18.4 Å². The Kier molecular flexibility index (Phi) is 4.39. The molecule has 1 fully saturated rings. The number of rotatable bonds is 4. The number of benzene rings is 1. The minimum atomic E-state index is -3.62. The van der Waals surface area contributed by atoms with Crippen molar-refractivity contribution in [2.45, 2.75) is 18.6 Å². The van der Waals surface area contributed by atoms with Crippen LogP contribution in [-0.4, -0.2) is 36.9 Å². The van der Waals surface area contributed by atoms with Gasteiger partial charge in [0.05, 0.1) is 11.7 Å². The molecule has 7 heteroatoms. The number of carboxylic acids is 1. The maximum absolute atomic E-state index is 13.1. The number of nitrogens with zero attached hydrogens (tertiary/aromatic N) is 1. The molecule has 0 unspecified atom stereocenters. The summed E-state index contributed by atoms with van der Waals surface area (Å²) in [6.07, 6.45) is 1.01. The molecule has 1 heterocycles. The number of sulfonamides is 1. The van der Waals surface area contributed by atoms with E-state index in [9.17, 15) is 17.6 Å². The van der Waals surface area contributed by atoms with E-state index in [2.05, 4.69) is 0 Å². The maximum atomic E-state index is 13.1. The Morgan fingerprint density at radius 3 is 2.85 bits per heavy atom. The SMILES string of the molecule is O=C(O)[C@@H]1CCCN(S(=O)(=O)Cc2cccc(F)c2)C1. The van der Waals surface area contributed by atoms with Crippen molar-refractivity contribution in [2.24, 2.45) is 5.92 Å². The fourth-order valence-corrected chi connectivity index (χ4v) is 3.92. The molecule has 1 atom stereocenters. The summed E-state index contributed by atoms with van der Waals surface area (Å²) in [7, 11) is -3.62. The predicted octanol–water partition coefficient (Wildman–Crippen LogP) is 1.45. The second kappa shape index (κ2) is 5.88. The third-order valence-electron chi connectivity index (χ3n) is 3.36. The molecule has 2 rings (SSSR count). The Morgan fingerprint density at radius 2 is 2.20 bits per heavy atom. The van der Waals surface area contributed by atoms with Crippen LogP contribution in [0.15, 0.2) is 24.3 Å². The Bertz CT molecular complexity index is 602. The quantitative estimate of drug-likeness (QED) is 0.913. The number of carbonyl (C=O) groups is 1. The summed E-state index contributed by atoms with van der Waals surface area (Å²) in [6.45, 7) is 0.314. The third-order valence-corrected chi connectivity index (χ3v) is 5.18. The molecule has 0 saturated carbocycles. The highest BCUT2D eigenvalue weighted by Gasteiger charge is 2.32. The lowest BCUT2D eigenvalue weighted by Crippen LogP contribution is -2.42. The van der Waals surface area contributed by atoms with Crippen LogP contribution in [0.2, 0.25) is 0 Å². The standard InChI is InChI=1S/C13H16FNO4S/c14-12-5-1-3-10(7-12)9-20(18,19)15-6-2-4-11(8-15)13(16)17/h1,3,5,7,11H,2,4,6,8-9H2,(H,16,17)/t11-/m1/s1. The predicted molar refractivity (Wildman–Crippen MR) is 71.0 cm³/mol. The van der Waals surface area contributed by atoms with Crippen LogP contribution in [0.4, 0.5) is 4.39 Å². The molecule has 1 aromatic carbocycles. The molecule has 0 amide bonds. The van der Waals surface area contributed by atoms with Crippen molar-refractivity contribution < 1.29 is 22.7 Å². The van der Waals surface area contributed by atoms with E-state index in [1.807, 2.05) is 0 Å². The number of hydrogen-bond acceptors (Lipinski definition) is 3. The van der Waals surface area contributed by atoms with E-state index in [1.165, 1.54) is 22.5 Å². The lowest BCUT2D eigenvalue weighted by molar-refractivity contribution is -0.142. The Balaban J connectivity index is 2.12. The van der Waals surface area contributed by atoms with Crippen LogP contribution in [-0.2, 0) is 20.6 Å². The zero-order chi connectivity index (χ0) is 14.8. The lowest BCUT2D eigenvalue weighted by atomic mass is 10.0. The van der Waals surface area contributed by atoms with Crippen molar-refractivity contribution in [1.29, 1.82) is 0 Å². The van der Waals surface area contributed by atoms with Crippen LogP contribution in [0.25, 0.3) is 0 Å². The lowest BCUT2D eigenvalue weighted by Gasteiger charge is -2.29. The van der Waals surface area contributed by atoms with Crippen molar-refractivity contribution in [3.63, 3.8) is 0 Å². The Labute approximate surface area is 117 Å². The number of hydrogen-bond donors (Lipinski definition) is 1. The summed E-state index contributed by atoms with van der Waals surface area (Å²) >= 11 is 0. The van der Waals surface area contributed by atoms with E-state index < -0.39 is 27.7 Å². The van der Waals surface area contributed by atoms with Gasteiger partial charge in [-0.1, -0.05) is 12.1 Å². The summed E-state index contributed by atoms with van der Waals surface area (Å²) in [4.78, 5) is 11.0. The minimum Gasteiger partial charge on any atom is -0.481 e. The van der Waals surface area contributed by atoms with Gasteiger partial charge in [0.2, 0.25) is 10.0 Å². The van der Waals surface area contributed by atoms with E-state index >= 15 is 0 Å². The highest BCUT2D eigenvalue weighted by molar-refractivity contribution is 7.88. The first-order valence-corrected chi connectivity index (χ1v) is 7.94. The van der Waals surface area contributed by atoms with Crippen molar-refractivity contribution in [1.82, 2.24) is 4.31 Å². The molecular weight excluding hydrogens is 285 g/mol. The fraction of sp³-hybridized carbons (Fsp3) is 0.462. The third kappa shape index (κ3) is 3.55. The smallest absolute Gasteiger partial charge is 0.307 e. The molecule has 20 heavy (non-hydrogen) atoms. The highest BCUT2D eigenvalue weighted by atomic mass is 32.2. The van der Waals surface area contributed by atoms with Crippen LogP contribution in [0, 0.1) is 11.7 Å². The summed E-state index contributed by atoms with van der Waals surface area (Å²) in [5.41, 5.74) is 0.363. The van der Waals surface area contributed by atoms with Gasteiger partial charge in [-0.3, -0.25) is 4.79 Å². The first kappa shape index (κ1) is 14.9. The zero-order valence-corrected chi connectivity index (χ0v) is 11.6. The molecular formula is C13H16FNO4S. The Morgan fingerprint density at radius 1 is 1.45 bits per heavy atom. The van der Waals surface area contributed by atoms with Gasteiger partial charge in [-0.15, -0.1) is 0 Å². The summed E-state index contributed by atoms with van der Waals surface area (Å²) < 4.78 is 38.8. The monoisotopic (exact) mass is 301 g/mol. The largest absolute Gasteiger partial charge is 0.481 e. The average molecular weight is 301 g/mol. The minimum absolute atomic E-state index is 0.00696. The number of aliphatic carboxylic acids is 1. The van der Waals surface area contributed by atoms with Crippen LogP contribution < -0.4 is 0 Å². The molecule has 110 valence electrons. The van der Waals surface area contributed by atoms with Gasteiger partial charge in [0, 0.05) is 13.1 Å². The van der Waals surface area contributed by atoms with Crippen molar-refractivity contribution >= 4 is 16.0 Å². The Hall–Kier alpha value is -1.47. The molecule has 1 aliphatic heterocycles. The van der Waals surface area contributed by atoms with Crippen molar-refractivity contribution in [3.8, 4) is 0 Å². The van der Waals surface area contributed by atoms with Gasteiger partial charge in [-0.25, -0.2) is 17.1 Å². The molecule has 5 nitrogen and oxygen atoms in total. The van der Waals surface area contributed by atoms with Crippen LogP contribution in [0.5, 0.6) is 0 Å². The average Bonchev–Trinajstić information content (AvgIpc) is 2.38. The molecule has 1 N–H and O–H groups in total. The van der Waals surface area contributed by atoms with Gasteiger partial charge < -0.3 is 5.11 Å². The second-order valence-electron chi connectivity index (χ2n) is 4.92. The molecule has 0 aromatic heterocycles. The van der Waals surface area contributed by atoms with Gasteiger partial charge in [0.25, 0.3) is 0 Å². The van der Waals surface area contributed by atoms with Gasteiger partial charge in [-0.2, -0.15) is 0 Å². The molecule has 0 aliphatic carbocycles. The van der Waals surface area contributed by atoms with Gasteiger partial charge in [-0.05, 0) is 30.5 Å². The van der Waals surface area contributed by atoms with E-state index in [4.69, 9.17) is 5.11 Å². The summed E-state index contributed by atoms with van der Waals surface area (Å²) in [5.74, 6) is -2.43. The first-order chi connectivity index (χ1) is 9.38. The molecule has 0 spiro atoms. The van der Waals surface area contributed by atoms with Gasteiger partial charge in [0.1, 0.15) is 5.82 Å². The van der Waals surface area contributed by atoms with E-state index in [-0.39, 0.29) is 12.3 Å². The van der Waals surface area contributed by atoms with Gasteiger partial charge in [0.15, 0.2) is 0 Å². The molecule has 1 aromatic rings. The second-order valence-corrected chi connectivity index (χ2v) is 6.89. The summed E-state index contributed by atoms with van der Waals surface area (Å²) in [6, 6.07) is 5.42. The van der Waals surface area contributed by atoms with Crippen molar-refractivity contribution in [2.75, 3.05) is 13.1 Å². The van der Waals surface area contributed by atoms with Crippen molar-refractivity contribution in [3.05, 3.63) is 35.6 Å². The number of piperidine rings is 1. The van der Waals surface area contributed by atoms with Crippen LogP contribution in [0.3, 0.4) is 0 Å². The number of halogens is 1. The zero-order valence-electron chi connectivity index (χ0n) is 10.8. The molecule has 0 radical (unpaired) electrons. The van der Waals surface area contributed by atoms with Crippen LogP contribution >= 0.6 is 0 Å². The molecule has 0 bridgehead atoms. The van der Waals surface area contributed by atoms with Gasteiger partial charge >= 0.3 is 5.97 Å². The molecule has 1 aliphatic rings. The number of carboxylic acid groups (broad SMARTS) is 1. The summed E-state index contributed by atoms with van der Waals surface area (Å²) in [5, 5.41) is 8.98. The highest BCUT2D eigenvalue weighted by Crippen LogP contribution is 2.21. The van der Waals surface area contributed by atoms with E-state index in [1.54, 1.807) is 6.07 Å². The van der Waals surface area contributed by atoms with E-state index in [0.717, 1.165) is 0 Å². The maximum Gasteiger partial charge on any atom is 0.307 e. The van der Waals surface area contributed by atoms with E-state index in [0.29, 0.717) is 24.9 Å². The fourth-order valence-electron chi connectivity index (χ4n) is 2.33. The molecule has 1 saturated heterocycles. The normalized spacial score (nSPS) is 20.8.